The second-order valence-corrected chi connectivity index (χ2v) is 4.95. The van der Waals surface area contributed by atoms with Crippen molar-refractivity contribution in [3.05, 3.63) is 35.6 Å². The highest BCUT2D eigenvalue weighted by Gasteiger charge is 2.20. The third-order valence-electron chi connectivity index (χ3n) is 3.38. The van der Waals surface area contributed by atoms with Gasteiger partial charge in [0.15, 0.2) is 0 Å². The predicted octanol–water partition coefficient (Wildman–Crippen LogP) is 3.13. The largest absolute Gasteiger partial charge is 0.349 e. The molecule has 2 rings (SSSR count). The van der Waals surface area contributed by atoms with Crippen LogP contribution in [0.4, 0.5) is 4.39 Å². The number of nitrogens with one attached hydrogen (secondary N) is 1. The molecule has 1 aliphatic carbocycles. The van der Waals surface area contributed by atoms with E-state index < -0.39 is 0 Å². The summed E-state index contributed by atoms with van der Waals surface area (Å²) in [5.41, 5.74) is 0.532. The first kappa shape index (κ1) is 12.1. The molecule has 0 bridgehead atoms. The number of amides is 1. The van der Waals surface area contributed by atoms with Crippen LogP contribution in [0.5, 0.6) is 0 Å². The Morgan fingerprint density at radius 2 is 2.00 bits per heavy atom. The van der Waals surface area contributed by atoms with Gasteiger partial charge in [-0.05, 0) is 43.0 Å². The van der Waals surface area contributed by atoms with Gasteiger partial charge < -0.3 is 5.32 Å². The van der Waals surface area contributed by atoms with Gasteiger partial charge in [0.05, 0.1) is 0 Å². The topological polar surface area (TPSA) is 29.1 Å². The van der Waals surface area contributed by atoms with Crippen LogP contribution < -0.4 is 5.32 Å². The molecule has 1 amide bonds. The molecule has 3 heteroatoms. The van der Waals surface area contributed by atoms with Gasteiger partial charge in [-0.25, -0.2) is 4.39 Å². The number of rotatable bonds is 2. The van der Waals surface area contributed by atoms with Crippen molar-refractivity contribution in [3.63, 3.8) is 0 Å². The van der Waals surface area contributed by atoms with Crippen LogP contribution in [0.2, 0.25) is 0 Å². The van der Waals surface area contributed by atoms with E-state index in [0.717, 1.165) is 12.8 Å². The van der Waals surface area contributed by atoms with Crippen molar-refractivity contribution in [1.29, 1.82) is 0 Å². The summed E-state index contributed by atoms with van der Waals surface area (Å²) in [5, 5.41) is 3.02. The summed E-state index contributed by atoms with van der Waals surface area (Å²) in [5.74, 6) is 0.277. The average Bonchev–Trinajstić information content (AvgIpc) is 2.29. The number of hydrogen-bond donors (Lipinski definition) is 1. The average molecular weight is 235 g/mol. The molecule has 0 heterocycles. The van der Waals surface area contributed by atoms with E-state index in [9.17, 15) is 9.18 Å². The fourth-order valence-electron chi connectivity index (χ4n) is 2.44. The second-order valence-electron chi connectivity index (χ2n) is 4.95. The second kappa shape index (κ2) is 5.30. The predicted molar refractivity (Wildman–Crippen MR) is 65.3 cm³/mol. The SMILES string of the molecule is CC1CCCC(NC(=O)c2ccc(F)cc2)C1. The molecule has 92 valence electrons. The van der Waals surface area contributed by atoms with E-state index in [0.29, 0.717) is 11.5 Å². The molecule has 0 spiro atoms. The van der Waals surface area contributed by atoms with Crippen LogP contribution in [0, 0.1) is 11.7 Å². The third-order valence-corrected chi connectivity index (χ3v) is 3.38. The van der Waals surface area contributed by atoms with E-state index in [1.165, 1.54) is 37.1 Å². The molecule has 2 nitrogen and oxygen atoms in total. The third kappa shape index (κ3) is 3.29. The van der Waals surface area contributed by atoms with Crippen LogP contribution in [0.25, 0.3) is 0 Å². The molecule has 0 saturated heterocycles. The molecule has 0 aliphatic heterocycles. The number of halogens is 1. The highest BCUT2D eigenvalue weighted by Crippen LogP contribution is 2.23. The highest BCUT2D eigenvalue weighted by atomic mass is 19.1. The molecule has 17 heavy (non-hydrogen) atoms. The Bertz CT molecular complexity index is 388. The Hall–Kier alpha value is -1.38. The van der Waals surface area contributed by atoms with Gasteiger partial charge in [0.25, 0.3) is 5.91 Å². The monoisotopic (exact) mass is 235 g/mol. The van der Waals surface area contributed by atoms with Crippen molar-refractivity contribution in [2.45, 2.75) is 38.6 Å². The molecule has 1 aromatic rings. The van der Waals surface area contributed by atoms with Gasteiger partial charge in [0, 0.05) is 11.6 Å². The molecule has 0 aromatic heterocycles. The lowest BCUT2D eigenvalue weighted by molar-refractivity contribution is 0.0921. The van der Waals surface area contributed by atoms with Crippen LogP contribution in [-0.2, 0) is 0 Å². The molecule has 0 radical (unpaired) electrons. The maximum absolute atomic E-state index is 12.7. The van der Waals surface area contributed by atoms with Crippen molar-refractivity contribution in [2.75, 3.05) is 0 Å². The Morgan fingerprint density at radius 1 is 1.29 bits per heavy atom. The van der Waals surface area contributed by atoms with Crippen LogP contribution in [0.1, 0.15) is 43.0 Å². The zero-order valence-electron chi connectivity index (χ0n) is 10.1. The number of carbonyl (C=O) groups is 1. The first-order chi connectivity index (χ1) is 8.15. The molecule has 1 saturated carbocycles. The van der Waals surface area contributed by atoms with E-state index in [2.05, 4.69) is 12.2 Å². The number of hydrogen-bond acceptors (Lipinski definition) is 1. The van der Waals surface area contributed by atoms with Crippen molar-refractivity contribution >= 4 is 5.91 Å². The molecule has 1 N–H and O–H groups in total. The summed E-state index contributed by atoms with van der Waals surface area (Å²) < 4.78 is 12.7. The molecule has 1 fully saturated rings. The first-order valence-corrected chi connectivity index (χ1v) is 6.21. The van der Waals surface area contributed by atoms with E-state index in [4.69, 9.17) is 0 Å². The Balaban J connectivity index is 1.94. The fraction of sp³-hybridized carbons (Fsp3) is 0.500. The van der Waals surface area contributed by atoms with Crippen LogP contribution >= 0.6 is 0 Å². The Labute approximate surface area is 101 Å². The van der Waals surface area contributed by atoms with Crippen LogP contribution in [-0.4, -0.2) is 11.9 Å². The summed E-state index contributed by atoms with van der Waals surface area (Å²) in [6.45, 7) is 2.22. The number of benzene rings is 1. The van der Waals surface area contributed by atoms with Gasteiger partial charge in [-0.15, -0.1) is 0 Å². The van der Waals surface area contributed by atoms with Gasteiger partial charge in [-0.1, -0.05) is 19.8 Å². The van der Waals surface area contributed by atoms with Gasteiger partial charge in [0.1, 0.15) is 5.82 Å². The van der Waals surface area contributed by atoms with Crippen molar-refractivity contribution in [1.82, 2.24) is 5.32 Å². The summed E-state index contributed by atoms with van der Waals surface area (Å²) in [6.07, 6.45) is 4.53. The van der Waals surface area contributed by atoms with Gasteiger partial charge in [0.2, 0.25) is 0 Å². The number of carbonyl (C=O) groups excluding carboxylic acids is 1. The normalized spacial score (nSPS) is 24.4. The lowest BCUT2D eigenvalue weighted by atomic mass is 9.87. The zero-order chi connectivity index (χ0) is 12.3. The zero-order valence-corrected chi connectivity index (χ0v) is 10.1. The standard InChI is InChI=1S/C14H18FNO/c1-10-3-2-4-13(9-10)16-14(17)11-5-7-12(15)8-6-11/h5-8,10,13H,2-4,9H2,1H3,(H,16,17). The lowest BCUT2D eigenvalue weighted by Crippen LogP contribution is -2.37. The van der Waals surface area contributed by atoms with Crippen molar-refractivity contribution < 1.29 is 9.18 Å². The lowest BCUT2D eigenvalue weighted by Gasteiger charge is -2.27. The van der Waals surface area contributed by atoms with E-state index in [1.807, 2.05) is 0 Å². The summed E-state index contributed by atoms with van der Waals surface area (Å²) in [4.78, 5) is 11.9. The highest BCUT2D eigenvalue weighted by molar-refractivity contribution is 5.94. The maximum atomic E-state index is 12.7. The minimum atomic E-state index is -0.312. The summed E-state index contributed by atoms with van der Waals surface area (Å²) in [6, 6.07) is 5.96. The van der Waals surface area contributed by atoms with Gasteiger partial charge >= 0.3 is 0 Å². The minimum Gasteiger partial charge on any atom is -0.349 e. The molecular weight excluding hydrogens is 217 g/mol. The van der Waals surface area contributed by atoms with Crippen molar-refractivity contribution in [2.24, 2.45) is 5.92 Å². The molecular formula is C14H18FNO. The fourth-order valence-corrected chi connectivity index (χ4v) is 2.44. The Kier molecular flexibility index (Phi) is 3.77. The van der Waals surface area contributed by atoms with Gasteiger partial charge in [-0.3, -0.25) is 4.79 Å². The maximum Gasteiger partial charge on any atom is 0.251 e. The van der Waals surface area contributed by atoms with Crippen LogP contribution in [0.15, 0.2) is 24.3 Å². The first-order valence-electron chi connectivity index (χ1n) is 6.21. The van der Waals surface area contributed by atoms with E-state index >= 15 is 0 Å². The van der Waals surface area contributed by atoms with Crippen LogP contribution in [0.3, 0.4) is 0 Å². The molecule has 1 aromatic carbocycles. The quantitative estimate of drug-likeness (QED) is 0.838. The van der Waals surface area contributed by atoms with E-state index in [-0.39, 0.29) is 17.8 Å². The summed E-state index contributed by atoms with van der Waals surface area (Å²) in [7, 11) is 0. The molecule has 1 aliphatic rings. The molecule has 2 atom stereocenters. The van der Waals surface area contributed by atoms with Crippen molar-refractivity contribution in [3.8, 4) is 0 Å². The summed E-state index contributed by atoms with van der Waals surface area (Å²) >= 11 is 0. The van der Waals surface area contributed by atoms with Gasteiger partial charge in [-0.2, -0.15) is 0 Å². The minimum absolute atomic E-state index is 0.0934. The smallest absolute Gasteiger partial charge is 0.251 e. The Morgan fingerprint density at radius 3 is 2.65 bits per heavy atom. The molecule has 2 unspecified atom stereocenters. The van der Waals surface area contributed by atoms with E-state index in [1.54, 1.807) is 0 Å².